The first-order chi connectivity index (χ1) is 13.6. The molecule has 7 heteroatoms. The molecule has 1 aliphatic heterocycles. The normalized spacial score (nSPS) is 19.1. The lowest BCUT2D eigenvalue weighted by molar-refractivity contribution is 0.0394. The van der Waals surface area contributed by atoms with Gasteiger partial charge < -0.3 is 25.8 Å². The van der Waals surface area contributed by atoms with Crippen LogP contribution < -0.4 is 21.1 Å². The van der Waals surface area contributed by atoms with Crippen molar-refractivity contribution in [2.75, 3.05) is 45.1 Å². The maximum atomic E-state index is 13.1. The molecule has 0 amide bonds. The summed E-state index contributed by atoms with van der Waals surface area (Å²) in [5.41, 5.74) is 8.01. The third-order valence-electron chi connectivity index (χ3n) is 4.75. The van der Waals surface area contributed by atoms with E-state index in [2.05, 4.69) is 21.7 Å². The number of anilines is 1. The molecule has 0 radical (unpaired) electrons. The van der Waals surface area contributed by atoms with Crippen LogP contribution >= 0.6 is 0 Å². The minimum Gasteiger partial charge on any atom is -0.492 e. The monoisotopic (exact) mass is 388 g/mol. The Labute approximate surface area is 165 Å². The molecule has 2 aromatic rings. The van der Waals surface area contributed by atoms with E-state index in [9.17, 15) is 4.39 Å². The number of benzene rings is 1. The summed E-state index contributed by atoms with van der Waals surface area (Å²) in [6.07, 6.45) is 1.03. The van der Waals surface area contributed by atoms with E-state index in [1.54, 1.807) is 12.1 Å². The summed E-state index contributed by atoms with van der Waals surface area (Å²) in [6.45, 7) is 6.35. The lowest BCUT2D eigenvalue weighted by Crippen LogP contribution is -2.30. The van der Waals surface area contributed by atoms with Gasteiger partial charge in [0.1, 0.15) is 24.0 Å². The molecular formula is C21H29FN4O2. The largest absolute Gasteiger partial charge is 0.492 e. The van der Waals surface area contributed by atoms with E-state index in [-0.39, 0.29) is 11.9 Å². The smallest absolute Gasteiger partial charge is 0.126 e. The minimum absolute atomic E-state index is 0.175. The summed E-state index contributed by atoms with van der Waals surface area (Å²) in [7, 11) is 0. The van der Waals surface area contributed by atoms with Gasteiger partial charge in [-0.2, -0.15) is 0 Å². The molecule has 4 N–H and O–H groups in total. The van der Waals surface area contributed by atoms with Gasteiger partial charge in [0, 0.05) is 43.9 Å². The number of rotatable bonds is 10. The van der Waals surface area contributed by atoms with Gasteiger partial charge >= 0.3 is 0 Å². The van der Waals surface area contributed by atoms with Crippen molar-refractivity contribution >= 4 is 5.82 Å². The molecule has 1 aromatic carbocycles. The number of nitrogens with one attached hydrogen (secondary N) is 2. The first-order valence-electron chi connectivity index (χ1n) is 9.74. The number of ether oxygens (including phenoxy) is 2. The average molecular weight is 388 g/mol. The lowest BCUT2D eigenvalue weighted by atomic mass is 9.99. The molecule has 3 rings (SSSR count). The SMILES string of the molecule is Cc1cc(N)nc(C[C@@H]2CNC[C@@H]2OCCNCCOc2cccc(F)c2)c1. The van der Waals surface area contributed by atoms with Gasteiger partial charge in [0.15, 0.2) is 0 Å². The molecule has 0 unspecified atom stereocenters. The van der Waals surface area contributed by atoms with Crippen molar-refractivity contribution < 1.29 is 13.9 Å². The van der Waals surface area contributed by atoms with E-state index < -0.39 is 0 Å². The van der Waals surface area contributed by atoms with Crippen molar-refractivity contribution in [1.82, 2.24) is 15.6 Å². The van der Waals surface area contributed by atoms with Crippen LogP contribution in [0.4, 0.5) is 10.2 Å². The maximum absolute atomic E-state index is 13.1. The Bertz CT molecular complexity index is 739. The first-order valence-corrected chi connectivity index (χ1v) is 9.74. The molecule has 0 aliphatic carbocycles. The topological polar surface area (TPSA) is 81.4 Å². The van der Waals surface area contributed by atoms with Gasteiger partial charge in [0.05, 0.1) is 12.7 Å². The van der Waals surface area contributed by atoms with Crippen LogP contribution in [0.3, 0.4) is 0 Å². The van der Waals surface area contributed by atoms with Crippen molar-refractivity contribution in [3.8, 4) is 5.75 Å². The summed E-state index contributed by atoms with van der Waals surface area (Å²) in [4.78, 5) is 4.44. The second-order valence-electron chi connectivity index (χ2n) is 7.15. The van der Waals surface area contributed by atoms with Crippen molar-refractivity contribution in [3.63, 3.8) is 0 Å². The molecule has 1 fully saturated rings. The van der Waals surface area contributed by atoms with Crippen LogP contribution in [0, 0.1) is 18.7 Å². The van der Waals surface area contributed by atoms with E-state index in [4.69, 9.17) is 15.2 Å². The van der Waals surface area contributed by atoms with Crippen LogP contribution in [-0.2, 0) is 11.2 Å². The molecule has 0 saturated carbocycles. The van der Waals surface area contributed by atoms with Crippen LogP contribution in [0.15, 0.2) is 36.4 Å². The van der Waals surface area contributed by atoms with Gasteiger partial charge in [-0.05, 0) is 43.2 Å². The number of nitrogens with zero attached hydrogens (tertiary/aromatic N) is 1. The van der Waals surface area contributed by atoms with E-state index >= 15 is 0 Å². The van der Waals surface area contributed by atoms with Gasteiger partial charge in [-0.25, -0.2) is 9.37 Å². The number of aryl methyl sites for hydroxylation is 1. The molecule has 0 spiro atoms. The number of pyridine rings is 1. The van der Waals surface area contributed by atoms with Gasteiger partial charge in [-0.15, -0.1) is 0 Å². The van der Waals surface area contributed by atoms with Crippen LogP contribution in [0.25, 0.3) is 0 Å². The lowest BCUT2D eigenvalue weighted by Gasteiger charge is -2.19. The molecule has 2 atom stereocenters. The number of hydrogen-bond acceptors (Lipinski definition) is 6. The molecule has 6 nitrogen and oxygen atoms in total. The van der Waals surface area contributed by atoms with Crippen molar-refractivity contribution in [2.24, 2.45) is 5.92 Å². The molecule has 2 heterocycles. The summed E-state index contributed by atoms with van der Waals surface area (Å²) < 4.78 is 24.6. The molecule has 1 aromatic heterocycles. The summed E-state index contributed by atoms with van der Waals surface area (Å²) in [6, 6.07) is 10.1. The first kappa shape index (κ1) is 20.5. The fourth-order valence-corrected chi connectivity index (χ4v) is 3.45. The fraction of sp³-hybridized carbons (Fsp3) is 0.476. The minimum atomic E-state index is -0.290. The van der Waals surface area contributed by atoms with Crippen LogP contribution in [0.1, 0.15) is 11.3 Å². The average Bonchev–Trinajstić information content (AvgIpc) is 3.07. The molecule has 0 bridgehead atoms. The highest BCUT2D eigenvalue weighted by Crippen LogP contribution is 2.19. The molecule has 28 heavy (non-hydrogen) atoms. The van der Waals surface area contributed by atoms with E-state index in [1.165, 1.54) is 12.1 Å². The van der Waals surface area contributed by atoms with E-state index in [1.807, 2.05) is 13.0 Å². The summed E-state index contributed by atoms with van der Waals surface area (Å²) in [5, 5.41) is 6.68. The number of nitrogen functional groups attached to an aromatic ring is 1. The Balaban J connectivity index is 1.31. The predicted octanol–water partition coefficient (Wildman–Crippen LogP) is 1.93. The van der Waals surface area contributed by atoms with Crippen LogP contribution in [0.5, 0.6) is 5.75 Å². The van der Waals surface area contributed by atoms with Crippen LogP contribution in [0.2, 0.25) is 0 Å². The Morgan fingerprint density at radius 3 is 2.89 bits per heavy atom. The van der Waals surface area contributed by atoms with Crippen molar-refractivity contribution in [1.29, 1.82) is 0 Å². The van der Waals surface area contributed by atoms with Gasteiger partial charge in [-0.3, -0.25) is 0 Å². The standard InChI is InChI=1S/C21H29FN4O2/c1-15-9-18(26-21(23)10-15)11-16-13-25-14-20(16)28-8-6-24-5-7-27-19-4-2-3-17(22)12-19/h2-4,9-10,12,16,20,24-25H,5-8,11,13-14H2,1H3,(H2,23,26)/t16-,20+/m1/s1. The quantitative estimate of drug-likeness (QED) is 0.540. The highest BCUT2D eigenvalue weighted by atomic mass is 19.1. The summed E-state index contributed by atoms with van der Waals surface area (Å²) >= 11 is 0. The Morgan fingerprint density at radius 2 is 2.07 bits per heavy atom. The third kappa shape index (κ3) is 6.44. The van der Waals surface area contributed by atoms with E-state index in [0.717, 1.165) is 37.3 Å². The zero-order valence-corrected chi connectivity index (χ0v) is 16.3. The van der Waals surface area contributed by atoms with Gasteiger partial charge in [0.25, 0.3) is 0 Å². The predicted molar refractivity (Wildman–Crippen MR) is 108 cm³/mol. The Hall–Kier alpha value is -2.22. The third-order valence-corrected chi connectivity index (χ3v) is 4.75. The van der Waals surface area contributed by atoms with E-state index in [0.29, 0.717) is 37.2 Å². The number of nitrogens with two attached hydrogens (primary N) is 1. The molecule has 1 saturated heterocycles. The van der Waals surface area contributed by atoms with Gasteiger partial charge in [-0.1, -0.05) is 6.07 Å². The van der Waals surface area contributed by atoms with Crippen molar-refractivity contribution in [2.45, 2.75) is 19.4 Å². The number of halogens is 1. The molecule has 152 valence electrons. The zero-order valence-electron chi connectivity index (χ0n) is 16.3. The fourth-order valence-electron chi connectivity index (χ4n) is 3.45. The molecular weight excluding hydrogens is 359 g/mol. The maximum Gasteiger partial charge on any atom is 0.126 e. The van der Waals surface area contributed by atoms with Crippen molar-refractivity contribution in [3.05, 3.63) is 53.5 Å². The number of aromatic nitrogens is 1. The Kier molecular flexibility index (Phi) is 7.59. The second-order valence-corrected chi connectivity index (χ2v) is 7.15. The highest BCUT2D eigenvalue weighted by molar-refractivity contribution is 5.34. The zero-order chi connectivity index (χ0) is 19.8. The highest BCUT2D eigenvalue weighted by Gasteiger charge is 2.28. The second kappa shape index (κ2) is 10.4. The number of hydrogen-bond donors (Lipinski definition) is 3. The Morgan fingerprint density at radius 1 is 1.21 bits per heavy atom. The van der Waals surface area contributed by atoms with Gasteiger partial charge in [0.2, 0.25) is 0 Å². The molecule has 1 aliphatic rings. The summed E-state index contributed by atoms with van der Waals surface area (Å²) in [5.74, 6) is 1.22. The van der Waals surface area contributed by atoms with Crippen LogP contribution in [-0.4, -0.2) is 50.5 Å².